The summed E-state index contributed by atoms with van der Waals surface area (Å²) in [6.45, 7) is 2.90. The van der Waals surface area contributed by atoms with Crippen LogP contribution >= 0.6 is 7.67 Å². The standard InChI is InChI=1S/C20H25N2O6P/c1-15(19(23)27-13-17-9-5-3-6-10-17)21-29(25,26)22-16(2)20(24)28-14-18-11-7-4-8-12-18/h3-12,15-16H,13-14H2,1-2H3,(H3,21,22,25,26)/t15-,16-/m0/s1. The Morgan fingerprint density at radius 3 is 1.52 bits per heavy atom. The van der Waals surface area contributed by atoms with Crippen LogP contribution in [0.2, 0.25) is 0 Å². The molecule has 0 saturated carbocycles. The predicted octanol–water partition coefficient (Wildman–Crippen LogP) is 2.53. The van der Waals surface area contributed by atoms with Crippen molar-refractivity contribution in [3.05, 3.63) is 71.8 Å². The maximum Gasteiger partial charge on any atom is 0.339 e. The van der Waals surface area contributed by atoms with Crippen molar-refractivity contribution in [1.82, 2.24) is 10.2 Å². The smallest absolute Gasteiger partial charge is 0.339 e. The van der Waals surface area contributed by atoms with Crippen LogP contribution in [0.5, 0.6) is 0 Å². The zero-order valence-corrected chi connectivity index (χ0v) is 17.2. The molecule has 0 heterocycles. The summed E-state index contributed by atoms with van der Waals surface area (Å²) in [6, 6.07) is 16.0. The van der Waals surface area contributed by atoms with E-state index >= 15 is 0 Å². The van der Waals surface area contributed by atoms with Crippen molar-refractivity contribution < 1.29 is 28.5 Å². The molecule has 0 spiro atoms. The van der Waals surface area contributed by atoms with Crippen molar-refractivity contribution in [2.75, 3.05) is 0 Å². The van der Waals surface area contributed by atoms with Crippen molar-refractivity contribution in [3.63, 3.8) is 0 Å². The summed E-state index contributed by atoms with van der Waals surface area (Å²) in [4.78, 5) is 34.1. The highest BCUT2D eigenvalue weighted by molar-refractivity contribution is 7.53. The zero-order valence-electron chi connectivity index (χ0n) is 16.3. The summed E-state index contributed by atoms with van der Waals surface area (Å²) in [7, 11) is -4.21. The molecular weight excluding hydrogens is 395 g/mol. The van der Waals surface area contributed by atoms with Gasteiger partial charge in [0.15, 0.2) is 0 Å². The van der Waals surface area contributed by atoms with E-state index in [-0.39, 0.29) is 13.2 Å². The molecular formula is C20H25N2O6P. The zero-order chi connectivity index (χ0) is 21.3. The van der Waals surface area contributed by atoms with Gasteiger partial charge in [0.05, 0.1) is 0 Å². The first-order valence-electron chi connectivity index (χ1n) is 9.06. The molecule has 2 atom stereocenters. The van der Waals surface area contributed by atoms with Gasteiger partial charge in [0.2, 0.25) is 0 Å². The third-order valence-electron chi connectivity index (χ3n) is 3.89. The molecule has 0 aromatic heterocycles. The van der Waals surface area contributed by atoms with Gasteiger partial charge >= 0.3 is 19.6 Å². The average Bonchev–Trinajstić information content (AvgIpc) is 2.70. The van der Waals surface area contributed by atoms with Crippen LogP contribution in [0, 0.1) is 0 Å². The van der Waals surface area contributed by atoms with Crippen LogP contribution in [0.4, 0.5) is 0 Å². The summed E-state index contributed by atoms with van der Waals surface area (Å²) in [6.07, 6.45) is 0. The first-order valence-corrected chi connectivity index (χ1v) is 10.7. The lowest BCUT2D eigenvalue weighted by Gasteiger charge is -2.21. The minimum Gasteiger partial charge on any atom is -0.460 e. The molecule has 0 amide bonds. The highest BCUT2D eigenvalue weighted by atomic mass is 31.2. The van der Waals surface area contributed by atoms with E-state index in [0.717, 1.165) is 11.1 Å². The number of hydrogen-bond acceptors (Lipinski definition) is 5. The van der Waals surface area contributed by atoms with E-state index in [1.807, 2.05) is 36.4 Å². The van der Waals surface area contributed by atoms with Crippen LogP contribution in [-0.4, -0.2) is 28.9 Å². The fourth-order valence-corrected chi connectivity index (χ4v) is 3.71. The highest BCUT2D eigenvalue weighted by Gasteiger charge is 2.30. The Kier molecular flexibility index (Phi) is 8.54. The molecule has 0 radical (unpaired) electrons. The Balaban J connectivity index is 1.78. The van der Waals surface area contributed by atoms with Gasteiger partial charge in [-0.25, -0.2) is 10.2 Å². The third kappa shape index (κ3) is 8.17. The number of hydrogen-bond donors (Lipinski definition) is 3. The lowest BCUT2D eigenvalue weighted by molar-refractivity contribution is -0.147. The van der Waals surface area contributed by atoms with E-state index in [4.69, 9.17) is 9.47 Å². The molecule has 9 heteroatoms. The molecule has 0 fully saturated rings. The molecule has 0 bridgehead atoms. The van der Waals surface area contributed by atoms with E-state index < -0.39 is 31.7 Å². The third-order valence-corrected chi connectivity index (χ3v) is 5.37. The van der Waals surface area contributed by atoms with Crippen LogP contribution < -0.4 is 10.2 Å². The van der Waals surface area contributed by atoms with Crippen LogP contribution in [0.1, 0.15) is 25.0 Å². The Morgan fingerprint density at radius 1 is 0.828 bits per heavy atom. The van der Waals surface area contributed by atoms with Gasteiger partial charge in [-0.1, -0.05) is 60.7 Å². The van der Waals surface area contributed by atoms with Gasteiger partial charge in [0, 0.05) is 0 Å². The van der Waals surface area contributed by atoms with Crippen molar-refractivity contribution in [1.29, 1.82) is 0 Å². The van der Waals surface area contributed by atoms with E-state index in [9.17, 15) is 19.0 Å². The van der Waals surface area contributed by atoms with Crippen LogP contribution in [0.15, 0.2) is 60.7 Å². The summed E-state index contributed by atoms with van der Waals surface area (Å²) < 4.78 is 22.6. The molecule has 0 aliphatic carbocycles. The summed E-state index contributed by atoms with van der Waals surface area (Å²) in [5.74, 6) is -1.38. The number of nitrogens with one attached hydrogen (secondary N) is 2. The van der Waals surface area contributed by atoms with E-state index in [0.29, 0.717) is 0 Å². The van der Waals surface area contributed by atoms with Gasteiger partial charge in [-0.15, -0.1) is 0 Å². The number of carbonyl (C=O) groups is 2. The summed E-state index contributed by atoms with van der Waals surface area (Å²) >= 11 is 0. The second-order valence-corrected chi connectivity index (χ2v) is 8.13. The van der Waals surface area contributed by atoms with E-state index in [2.05, 4.69) is 10.2 Å². The number of ether oxygens (including phenoxy) is 2. The Morgan fingerprint density at radius 2 is 1.17 bits per heavy atom. The fraction of sp³-hybridized carbons (Fsp3) is 0.300. The Hall–Kier alpha value is -2.51. The molecule has 0 aliphatic rings. The number of benzene rings is 2. The van der Waals surface area contributed by atoms with Gasteiger partial charge < -0.3 is 14.4 Å². The minimum absolute atomic E-state index is 0.0526. The predicted molar refractivity (Wildman–Crippen MR) is 107 cm³/mol. The van der Waals surface area contributed by atoms with E-state index in [1.165, 1.54) is 13.8 Å². The molecule has 0 aliphatic heterocycles. The van der Waals surface area contributed by atoms with Crippen LogP contribution in [0.3, 0.4) is 0 Å². The monoisotopic (exact) mass is 420 g/mol. The Labute approximate surface area is 169 Å². The minimum atomic E-state index is -4.21. The lowest BCUT2D eigenvalue weighted by Crippen LogP contribution is -2.41. The highest BCUT2D eigenvalue weighted by Crippen LogP contribution is 2.31. The molecule has 2 aromatic carbocycles. The molecule has 8 nitrogen and oxygen atoms in total. The molecule has 0 unspecified atom stereocenters. The van der Waals surface area contributed by atoms with Crippen LogP contribution in [-0.2, 0) is 36.8 Å². The topological polar surface area (TPSA) is 114 Å². The van der Waals surface area contributed by atoms with E-state index in [1.54, 1.807) is 24.3 Å². The SMILES string of the molecule is C[C@H](NP(=O)(O)N[C@@H](C)C(=O)OCc1ccccc1)C(=O)OCc1ccccc1. The summed E-state index contributed by atoms with van der Waals surface area (Å²) in [5.41, 5.74) is 1.60. The number of carbonyl (C=O) groups excluding carboxylic acids is 2. The first kappa shape index (κ1) is 22.8. The second kappa shape index (κ2) is 10.9. The number of rotatable bonds is 10. The molecule has 2 rings (SSSR count). The first-order chi connectivity index (χ1) is 13.8. The quantitative estimate of drug-likeness (QED) is 0.397. The van der Waals surface area contributed by atoms with Crippen LogP contribution in [0.25, 0.3) is 0 Å². The summed E-state index contributed by atoms with van der Waals surface area (Å²) in [5, 5.41) is 4.54. The van der Waals surface area contributed by atoms with Gasteiger partial charge in [-0.05, 0) is 25.0 Å². The lowest BCUT2D eigenvalue weighted by atomic mass is 10.2. The average molecular weight is 420 g/mol. The maximum absolute atomic E-state index is 12.3. The van der Waals surface area contributed by atoms with Crippen molar-refractivity contribution in [2.45, 2.75) is 39.1 Å². The molecule has 156 valence electrons. The normalized spacial score (nSPS) is 13.3. The maximum atomic E-state index is 12.3. The van der Waals surface area contributed by atoms with Crippen molar-refractivity contribution >= 4 is 19.6 Å². The molecule has 2 aromatic rings. The fourth-order valence-electron chi connectivity index (χ4n) is 2.38. The van der Waals surface area contributed by atoms with Crippen molar-refractivity contribution in [3.8, 4) is 0 Å². The molecule has 3 N–H and O–H groups in total. The number of esters is 2. The Bertz CT molecular complexity index is 779. The second-order valence-electron chi connectivity index (χ2n) is 6.46. The van der Waals surface area contributed by atoms with Gasteiger partial charge in [-0.3, -0.25) is 14.2 Å². The van der Waals surface area contributed by atoms with Crippen molar-refractivity contribution in [2.24, 2.45) is 0 Å². The van der Waals surface area contributed by atoms with Gasteiger partial charge in [0.25, 0.3) is 0 Å². The largest absolute Gasteiger partial charge is 0.460 e. The molecule has 0 saturated heterocycles. The molecule has 29 heavy (non-hydrogen) atoms. The van der Waals surface area contributed by atoms with Gasteiger partial charge in [0.1, 0.15) is 25.3 Å². The van der Waals surface area contributed by atoms with Gasteiger partial charge in [-0.2, -0.15) is 0 Å².